The lowest BCUT2D eigenvalue weighted by Gasteiger charge is -2.26. The SMILES string of the molecule is CCCc1ccc(S(=O)(=O)Nc2cscc2CC(=O)N2CCSCC2)cc1. The van der Waals surface area contributed by atoms with Crippen LogP contribution >= 0.6 is 23.1 Å². The number of hydrogen-bond acceptors (Lipinski definition) is 5. The number of anilines is 1. The van der Waals surface area contributed by atoms with Crippen LogP contribution < -0.4 is 4.72 Å². The summed E-state index contributed by atoms with van der Waals surface area (Å²) in [5, 5.41) is 3.59. The number of thioether (sulfide) groups is 1. The summed E-state index contributed by atoms with van der Waals surface area (Å²) >= 11 is 3.25. The molecule has 1 aromatic carbocycles. The second-order valence-corrected chi connectivity index (χ2v) is 10.1. The number of benzene rings is 1. The Morgan fingerprint density at radius 2 is 1.85 bits per heavy atom. The second kappa shape index (κ2) is 9.12. The number of thiophene rings is 1. The normalized spacial score (nSPS) is 14.9. The van der Waals surface area contributed by atoms with Gasteiger partial charge < -0.3 is 4.90 Å². The maximum absolute atomic E-state index is 12.7. The van der Waals surface area contributed by atoms with Crippen molar-refractivity contribution in [2.75, 3.05) is 29.3 Å². The van der Waals surface area contributed by atoms with E-state index < -0.39 is 10.0 Å². The predicted octanol–water partition coefficient (Wildman–Crippen LogP) is 3.62. The molecule has 0 bridgehead atoms. The summed E-state index contributed by atoms with van der Waals surface area (Å²) in [6.45, 7) is 3.62. The lowest BCUT2D eigenvalue weighted by molar-refractivity contribution is -0.130. The molecule has 27 heavy (non-hydrogen) atoms. The van der Waals surface area contributed by atoms with E-state index in [0.717, 1.165) is 48.6 Å². The maximum Gasteiger partial charge on any atom is 0.261 e. The van der Waals surface area contributed by atoms with Crippen molar-refractivity contribution in [3.05, 3.63) is 46.2 Å². The van der Waals surface area contributed by atoms with E-state index in [4.69, 9.17) is 0 Å². The molecule has 8 heteroatoms. The van der Waals surface area contributed by atoms with Gasteiger partial charge in [-0.25, -0.2) is 8.42 Å². The number of nitrogens with one attached hydrogen (secondary N) is 1. The van der Waals surface area contributed by atoms with Gasteiger partial charge in [0.1, 0.15) is 0 Å². The quantitative estimate of drug-likeness (QED) is 0.737. The van der Waals surface area contributed by atoms with Gasteiger partial charge in [0.15, 0.2) is 0 Å². The molecule has 0 aliphatic carbocycles. The third-order valence-electron chi connectivity index (χ3n) is 4.46. The Hall–Kier alpha value is -1.51. The molecule has 146 valence electrons. The molecule has 1 amide bonds. The highest BCUT2D eigenvalue weighted by atomic mass is 32.2. The summed E-state index contributed by atoms with van der Waals surface area (Å²) in [4.78, 5) is 14.6. The number of hydrogen-bond donors (Lipinski definition) is 1. The van der Waals surface area contributed by atoms with Crippen LogP contribution in [0.15, 0.2) is 39.9 Å². The molecule has 0 spiro atoms. The minimum absolute atomic E-state index is 0.0538. The van der Waals surface area contributed by atoms with Crippen LogP contribution in [0.3, 0.4) is 0 Å². The van der Waals surface area contributed by atoms with Gasteiger partial charge in [0.05, 0.1) is 17.0 Å². The fraction of sp³-hybridized carbons (Fsp3) is 0.421. The number of sulfonamides is 1. The van der Waals surface area contributed by atoms with Gasteiger partial charge in [0, 0.05) is 30.0 Å². The average molecular weight is 425 g/mol. The molecule has 1 aliphatic heterocycles. The average Bonchev–Trinajstić information content (AvgIpc) is 3.09. The third-order valence-corrected chi connectivity index (χ3v) is 7.58. The largest absolute Gasteiger partial charge is 0.341 e. The van der Waals surface area contributed by atoms with Crippen molar-refractivity contribution in [3.8, 4) is 0 Å². The fourth-order valence-corrected chi connectivity index (χ4v) is 5.82. The number of rotatable bonds is 7. The molecule has 2 heterocycles. The molecule has 5 nitrogen and oxygen atoms in total. The number of carbonyl (C=O) groups is 1. The van der Waals surface area contributed by atoms with E-state index in [0.29, 0.717) is 5.69 Å². The first kappa shape index (κ1) is 20.2. The highest BCUT2D eigenvalue weighted by Gasteiger charge is 2.21. The molecule has 0 radical (unpaired) electrons. The predicted molar refractivity (Wildman–Crippen MR) is 113 cm³/mol. The molecule has 0 atom stereocenters. The van der Waals surface area contributed by atoms with E-state index in [1.165, 1.54) is 11.3 Å². The van der Waals surface area contributed by atoms with Crippen LogP contribution in [0.4, 0.5) is 5.69 Å². The Morgan fingerprint density at radius 3 is 2.52 bits per heavy atom. The molecule has 1 aromatic heterocycles. The molecule has 2 aromatic rings. The minimum Gasteiger partial charge on any atom is -0.341 e. The molecule has 1 saturated heterocycles. The molecule has 1 N–H and O–H groups in total. The van der Waals surface area contributed by atoms with Gasteiger partial charge in [-0.2, -0.15) is 11.8 Å². The van der Waals surface area contributed by atoms with Crippen LogP contribution in [-0.2, 0) is 27.7 Å². The van der Waals surface area contributed by atoms with Crippen LogP contribution in [-0.4, -0.2) is 43.8 Å². The van der Waals surface area contributed by atoms with E-state index in [2.05, 4.69) is 11.6 Å². The highest BCUT2D eigenvalue weighted by Crippen LogP contribution is 2.26. The molecule has 3 rings (SSSR count). The van der Waals surface area contributed by atoms with Crippen molar-refractivity contribution in [1.82, 2.24) is 4.90 Å². The van der Waals surface area contributed by atoms with Gasteiger partial charge in [-0.3, -0.25) is 9.52 Å². The van der Waals surface area contributed by atoms with Crippen LogP contribution in [0.25, 0.3) is 0 Å². The number of aryl methyl sites for hydroxylation is 1. The van der Waals surface area contributed by atoms with Gasteiger partial charge >= 0.3 is 0 Å². The number of amides is 1. The van der Waals surface area contributed by atoms with Crippen LogP contribution in [0, 0.1) is 0 Å². The van der Waals surface area contributed by atoms with Crippen LogP contribution in [0.2, 0.25) is 0 Å². The Labute approximate surface area is 169 Å². The molecule has 0 unspecified atom stereocenters. The van der Waals surface area contributed by atoms with E-state index in [1.807, 2.05) is 34.2 Å². The first-order chi connectivity index (χ1) is 13.0. The summed E-state index contributed by atoms with van der Waals surface area (Å²) in [6, 6.07) is 6.97. The van der Waals surface area contributed by atoms with Gasteiger partial charge in [-0.15, -0.1) is 11.3 Å². The summed E-state index contributed by atoms with van der Waals surface area (Å²) < 4.78 is 28.1. The summed E-state index contributed by atoms with van der Waals surface area (Å²) in [6.07, 6.45) is 2.17. The highest BCUT2D eigenvalue weighted by molar-refractivity contribution is 7.99. The standard InChI is InChI=1S/C19H24N2O3S3/c1-2-3-15-4-6-17(7-5-15)27(23,24)20-18-14-26-13-16(18)12-19(22)21-8-10-25-11-9-21/h4-7,13-14,20H,2-3,8-12H2,1H3. The first-order valence-electron chi connectivity index (χ1n) is 9.02. The van der Waals surface area contributed by atoms with Gasteiger partial charge in [0.2, 0.25) is 5.91 Å². The second-order valence-electron chi connectivity index (χ2n) is 6.48. The number of nitrogens with zero attached hydrogens (tertiary/aromatic N) is 1. The Balaban J connectivity index is 1.70. The monoisotopic (exact) mass is 424 g/mol. The molecular weight excluding hydrogens is 400 g/mol. The minimum atomic E-state index is -3.67. The molecule has 0 saturated carbocycles. The van der Waals surface area contributed by atoms with Crippen LogP contribution in [0.1, 0.15) is 24.5 Å². The molecule has 1 fully saturated rings. The summed E-state index contributed by atoms with van der Waals surface area (Å²) in [7, 11) is -3.67. The lowest BCUT2D eigenvalue weighted by atomic mass is 10.1. The first-order valence-corrected chi connectivity index (χ1v) is 12.6. The topological polar surface area (TPSA) is 66.5 Å². The van der Waals surface area contributed by atoms with E-state index in [9.17, 15) is 13.2 Å². The summed E-state index contributed by atoms with van der Waals surface area (Å²) in [5.74, 6) is 1.98. The van der Waals surface area contributed by atoms with Crippen molar-refractivity contribution in [1.29, 1.82) is 0 Å². The Kier molecular flexibility index (Phi) is 6.83. The van der Waals surface area contributed by atoms with Crippen molar-refractivity contribution in [3.63, 3.8) is 0 Å². The van der Waals surface area contributed by atoms with E-state index in [1.54, 1.807) is 17.5 Å². The zero-order chi connectivity index (χ0) is 19.3. The third kappa shape index (κ3) is 5.27. The zero-order valence-electron chi connectivity index (χ0n) is 15.3. The smallest absolute Gasteiger partial charge is 0.261 e. The van der Waals surface area contributed by atoms with E-state index >= 15 is 0 Å². The Morgan fingerprint density at radius 1 is 1.15 bits per heavy atom. The van der Waals surface area contributed by atoms with Crippen molar-refractivity contribution in [2.45, 2.75) is 31.1 Å². The molecule has 1 aliphatic rings. The fourth-order valence-electron chi connectivity index (χ4n) is 2.96. The van der Waals surface area contributed by atoms with Crippen LogP contribution in [0.5, 0.6) is 0 Å². The number of carbonyl (C=O) groups excluding carboxylic acids is 1. The van der Waals surface area contributed by atoms with Gasteiger partial charge in [-0.1, -0.05) is 25.5 Å². The zero-order valence-corrected chi connectivity index (χ0v) is 17.8. The van der Waals surface area contributed by atoms with Crippen molar-refractivity contribution in [2.24, 2.45) is 0 Å². The van der Waals surface area contributed by atoms with E-state index in [-0.39, 0.29) is 17.2 Å². The lowest BCUT2D eigenvalue weighted by Crippen LogP contribution is -2.38. The van der Waals surface area contributed by atoms with Gasteiger partial charge in [0.25, 0.3) is 10.0 Å². The van der Waals surface area contributed by atoms with Crippen molar-refractivity contribution >= 4 is 44.7 Å². The van der Waals surface area contributed by atoms with Gasteiger partial charge in [-0.05, 0) is 35.1 Å². The summed E-state index contributed by atoms with van der Waals surface area (Å²) in [5.41, 5.74) is 2.35. The van der Waals surface area contributed by atoms with Crippen molar-refractivity contribution < 1.29 is 13.2 Å². The molecular formula is C19H24N2O3S3. The Bertz CT molecular complexity index is 870. The maximum atomic E-state index is 12.7.